The van der Waals surface area contributed by atoms with Gasteiger partial charge >= 0.3 is 11.8 Å². The Balaban J connectivity index is 1.56. The Morgan fingerprint density at radius 3 is 2.86 bits per heavy atom. The van der Waals surface area contributed by atoms with Gasteiger partial charge in [-0.1, -0.05) is 11.6 Å². The Kier molecular flexibility index (Phi) is 6.57. The number of carbonyl (C=O) groups is 1. The zero-order chi connectivity index (χ0) is 26.3. The zero-order valence-electron chi connectivity index (χ0n) is 20.3. The molecule has 192 valence electrons. The number of nitrogens with zero attached hydrogens (tertiary/aromatic N) is 6. The summed E-state index contributed by atoms with van der Waals surface area (Å²) in [5.74, 6) is 0. The van der Waals surface area contributed by atoms with Crippen molar-refractivity contribution in [1.29, 1.82) is 0 Å². The van der Waals surface area contributed by atoms with Crippen molar-refractivity contribution in [3.05, 3.63) is 85.5 Å². The lowest BCUT2D eigenvalue weighted by atomic mass is 9.93. The number of halogens is 1. The van der Waals surface area contributed by atoms with E-state index in [1.165, 1.54) is 28.1 Å². The second kappa shape index (κ2) is 9.83. The topological polar surface area (TPSA) is 124 Å². The predicted molar refractivity (Wildman–Crippen MR) is 136 cm³/mol. The minimum Gasteiger partial charge on any atom is -0.465 e. The van der Waals surface area contributed by atoms with Gasteiger partial charge in [0.2, 0.25) is 0 Å². The van der Waals surface area contributed by atoms with E-state index >= 15 is 0 Å². The summed E-state index contributed by atoms with van der Waals surface area (Å²) >= 11 is 6.45. The largest absolute Gasteiger partial charge is 0.465 e. The summed E-state index contributed by atoms with van der Waals surface area (Å²) in [7, 11) is 1.59. The Bertz CT molecular complexity index is 1620. The summed E-state index contributed by atoms with van der Waals surface area (Å²) in [6, 6.07) is 6.88. The third-order valence-corrected chi connectivity index (χ3v) is 6.79. The lowest BCUT2D eigenvalue weighted by molar-refractivity contribution is -0.0210. The van der Waals surface area contributed by atoms with Gasteiger partial charge in [0.1, 0.15) is 6.33 Å². The molecule has 5 rings (SSSR count). The minimum atomic E-state index is -0.966. The van der Waals surface area contributed by atoms with Crippen LogP contribution in [0.4, 0.5) is 4.79 Å². The van der Waals surface area contributed by atoms with Gasteiger partial charge in [-0.15, -0.1) is 0 Å². The molecule has 1 amide bonds. The standard InChI is InChI=1S/C25H25ClN6O5/c1-15-7-17(26)9-20(19(15)10-18-13-30(25(35)36)5-6-37-18)23-21-8-16(12-32(21)28-14-27-23)11-31-22(33)3-4-29(2)24(31)34/h3-4,7-9,12,14,18H,5-6,10-11,13H2,1-2H3,(H,35,36). The fourth-order valence-electron chi connectivity index (χ4n) is 4.72. The van der Waals surface area contributed by atoms with Crippen molar-refractivity contribution in [2.24, 2.45) is 7.05 Å². The summed E-state index contributed by atoms with van der Waals surface area (Å²) in [4.78, 5) is 42.2. The first kappa shape index (κ1) is 24.7. The Hall–Kier alpha value is -3.96. The van der Waals surface area contributed by atoms with Gasteiger partial charge in [-0.25, -0.2) is 19.1 Å². The molecule has 3 aromatic heterocycles. The number of rotatable bonds is 5. The predicted octanol–water partition coefficient (Wildman–Crippen LogP) is 2.19. The van der Waals surface area contributed by atoms with E-state index in [4.69, 9.17) is 16.3 Å². The fraction of sp³-hybridized carbons (Fsp3) is 0.320. The summed E-state index contributed by atoms with van der Waals surface area (Å²) in [6.07, 6.45) is 3.82. The normalized spacial score (nSPS) is 15.9. The van der Waals surface area contributed by atoms with E-state index in [-0.39, 0.29) is 24.8 Å². The Morgan fingerprint density at radius 1 is 1.27 bits per heavy atom. The lowest BCUT2D eigenvalue weighted by Gasteiger charge is -2.31. The molecule has 0 radical (unpaired) electrons. The highest BCUT2D eigenvalue weighted by atomic mass is 35.5. The van der Waals surface area contributed by atoms with Crippen molar-refractivity contribution in [2.45, 2.75) is 26.0 Å². The number of benzene rings is 1. The van der Waals surface area contributed by atoms with Crippen LogP contribution >= 0.6 is 11.6 Å². The first-order chi connectivity index (χ1) is 17.7. The number of aryl methyl sites for hydroxylation is 2. The number of amides is 1. The minimum absolute atomic E-state index is 0.0809. The van der Waals surface area contributed by atoms with Crippen molar-refractivity contribution in [1.82, 2.24) is 28.6 Å². The Morgan fingerprint density at radius 2 is 2.08 bits per heavy atom. The maximum absolute atomic E-state index is 12.5. The van der Waals surface area contributed by atoms with Gasteiger partial charge in [0, 0.05) is 49.1 Å². The van der Waals surface area contributed by atoms with E-state index in [0.29, 0.717) is 41.4 Å². The van der Waals surface area contributed by atoms with E-state index in [9.17, 15) is 19.5 Å². The molecule has 1 aliphatic heterocycles. The summed E-state index contributed by atoms with van der Waals surface area (Å²) in [5.41, 5.74) is 3.87. The van der Waals surface area contributed by atoms with Gasteiger partial charge < -0.3 is 19.3 Å². The van der Waals surface area contributed by atoms with Gasteiger partial charge in [-0.2, -0.15) is 5.10 Å². The van der Waals surface area contributed by atoms with E-state index in [1.807, 2.05) is 25.1 Å². The van der Waals surface area contributed by atoms with E-state index < -0.39 is 11.8 Å². The summed E-state index contributed by atoms with van der Waals surface area (Å²) in [5, 5.41) is 14.3. The lowest BCUT2D eigenvalue weighted by Crippen LogP contribution is -2.45. The highest BCUT2D eigenvalue weighted by Gasteiger charge is 2.26. The number of fused-ring (bicyclic) bond motifs is 1. The molecular weight excluding hydrogens is 500 g/mol. The third kappa shape index (κ3) is 4.87. The monoisotopic (exact) mass is 524 g/mol. The fourth-order valence-corrected chi connectivity index (χ4v) is 4.99. The van der Waals surface area contributed by atoms with Crippen LogP contribution in [0.2, 0.25) is 5.02 Å². The molecule has 4 heterocycles. The van der Waals surface area contributed by atoms with Crippen LogP contribution in [0.3, 0.4) is 0 Å². The first-order valence-corrected chi connectivity index (χ1v) is 12.1. The molecule has 1 unspecified atom stereocenters. The van der Waals surface area contributed by atoms with E-state index in [1.54, 1.807) is 17.8 Å². The number of ether oxygens (including phenoxy) is 1. The second-order valence-corrected chi connectivity index (χ2v) is 9.53. The average molecular weight is 525 g/mol. The van der Waals surface area contributed by atoms with Gasteiger partial charge in [0.05, 0.1) is 37.0 Å². The van der Waals surface area contributed by atoms with Gasteiger partial charge in [-0.05, 0) is 41.8 Å². The molecule has 4 aromatic rings. The van der Waals surface area contributed by atoms with Crippen molar-refractivity contribution in [2.75, 3.05) is 19.7 Å². The SMILES string of the molecule is Cc1cc(Cl)cc(-c2ncnn3cc(Cn4c(=O)ccn(C)c4=O)cc23)c1CC1CN(C(=O)O)CCO1. The molecule has 1 aliphatic rings. The smallest absolute Gasteiger partial charge is 0.407 e. The molecule has 1 N–H and O–H groups in total. The average Bonchev–Trinajstić information content (AvgIpc) is 3.29. The number of morpholine rings is 1. The molecule has 11 nitrogen and oxygen atoms in total. The molecule has 12 heteroatoms. The van der Waals surface area contributed by atoms with Crippen molar-refractivity contribution >= 4 is 23.2 Å². The van der Waals surface area contributed by atoms with Crippen LogP contribution < -0.4 is 11.2 Å². The summed E-state index contributed by atoms with van der Waals surface area (Å²) < 4.78 is 10.0. The molecule has 0 spiro atoms. The zero-order valence-corrected chi connectivity index (χ0v) is 21.1. The molecule has 1 aromatic carbocycles. The second-order valence-electron chi connectivity index (χ2n) is 9.09. The van der Waals surface area contributed by atoms with Crippen LogP contribution in [0, 0.1) is 6.92 Å². The molecule has 1 atom stereocenters. The molecule has 1 saturated heterocycles. The van der Waals surface area contributed by atoms with Crippen LogP contribution in [0.1, 0.15) is 16.7 Å². The van der Waals surface area contributed by atoms with E-state index in [0.717, 1.165) is 21.3 Å². The van der Waals surface area contributed by atoms with Crippen LogP contribution in [0.5, 0.6) is 0 Å². The quantitative estimate of drug-likeness (QED) is 0.424. The van der Waals surface area contributed by atoms with Crippen molar-refractivity contribution < 1.29 is 14.6 Å². The first-order valence-electron chi connectivity index (χ1n) is 11.7. The summed E-state index contributed by atoms with van der Waals surface area (Å²) in [6.45, 7) is 2.97. The molecule has 0 aliphatic carbocycles. The van der Waals surface area contributed by atoms with Crippen molar-refractivity contribution in [3.8, 4) is 11.3 Å². The molecule has 0 saturated carbocycles. The Labute approximate surface area is 216 Å². The number of hydrogen-bond donors (Lipinski definition) is 1. The molecular formula is C25H25ClN6O5. The number of carboxylic acid groups (broad SMARTS) is 1. The van der Waals surface area contributed by atoms with Gasteiger partial charge in [0.25, 0.3) is 5.56 Å². The number of aromatic nitrogens is 5. The van der Waals surface area contributed by atoms with Crippen LogP contribution in [-0.2, 0) is 24.8 Å². The highest BCUT2D eigenvalue weighted by molar-refractivity contribution is 6.31. The van der Waals surface area contributed by atoms with Crippen LogP contribution in [0.15, 0.2) is 52.6 Å². The van der Waals surface area contributed by atoms with Crippen LogP contribution in [-0.4, -0.2) is 65.6 Å². The maximum Gasteiger partial charge on any atom is 0.407 e. The van der Waals surface area contributed by atoms with E-state index in [2.05, 4.69) is 10.1 Å². The molecule has 0 bridgehead atoms. The number of hydrogen-bond acceptors (Lipinski definition) is 6. The highest BCUT2D eigenvalue weighted by Crippen LogP contribution is 2.33. The maximum atomic E-state index is 12.5. The van der Waals surface area contributed by atoms with Gasteiger partial charge in [-0.3, -0.25) is 9.36 Å². The van der Waals surface area contributed by atoms with Crippen LogP contribution in [0.25, 0.3) is 16.8 Å². The van der Waals surface area contributed by atoms with Gasteiger partial charge in [0.15, 0.2) is 0 Å². The molecule has 1 fully saturated rings. The third-order valence-electron chi connectivity index (χ3n) is 6.58. The molecule has 37 heavy (non-hydrogen) atoms. The van der Waals surface area contributed by atoms with Crippen molar-refractivity contribution in [3.63, 3.8) is 0 Å².